The predicted octanol–water partition coefficient (Wildman–Crippen LogP) is 3.02. The van der Waals surface area contributed by atoms with Crippen LogP contribution >= 0.6 is 23.2 Å². The fourth-order valence-electron chi connectivity index (χ4n) is 0.203. The van der Waals surface area contributed by atoms with Crippen molar-refractivity contribution in [2.24, 2.45) is 0 Å². The van der Waals surface area contributed by atoms with Gasteiger partial charge in [-0.2, -0.15) is 0 Å². The van der Waals surface area contributed by atoms with Gasteiger partial charge in [0.15, 0.2) is 0 Å². The smallest absolute Gasteiger partial charge is 0.302 e. The molecular formula is C7H16Cl2O2. The number of hydrogen-bond acceptors (Lipinski definition) is 2. The Labute approximate surface area is 78.8 Å². The average Bonchev–Trinajstić information content (AvgIpc) is 1.93. The molecule has 0 aromatic heterocycles. The molecule has 0 saturated carbocycles. The second-order valence-corrected chi connectivity index (χ2v) is 1.83. The summed E-state index contributed by atoms with van der Waals surface area (Å²) in [4.78, 5) is 9.82. The van der Waals surface area contributed by atoms with Gasteiger partial charge in [-0.05, 0) is 6.92 Å². The molecular weight excluding hydrogens is 187 g/mol. The Morgan fingerprint density at radius 2 is 1.64 bits per heavy atom. The number of halogens is 2. The molecule has 0 spiro atoms. The summed E-state index contributed by atoms with van der Waals surface area (Å²) in [5, 5.41) is 0.194. The van der Waals surface area contributed by atoms with Crippen molar-refractivity contribution in [3.8, 4) is 0 Å². The van der Waals surface area contributed by atoms with E-state index in [1.54, 1.807) is 6.92 Å². The summed E-state index contributed by atoms with van der Waals surface area (Å²) in [6.07, 6.45) is 0. The second-order valence-electron chi connectivity index (χ2n) is 1.03. The first-order chi connectivity index (χ1) is 5.18. The molecule has 0 fully saturated rings. The largest absolute Gasteiger partial charge is 0.466 e. The van der Waals surface area contributed by atoms with Crippen molar-refractivity contribution in [1.82, 2.24) is 0 Å². The summed E-state index contributed by atoms with van der Waals surface area (Å²) in [5.41, 5.74) is 0. The highest BCUT2D eigenvalue weighted by atomic mass is 35.5. The van der Waals surface area contributed by atoms with Crippen LogP contribution in [-0.2, 0) is 9.53 Å². The lowest BCUT2D eigenvalue weighted by molar-refractivity contribution is -0.140. The molecule has 0 aliphatic carbocycles. The summed E-state index contributed by atoms with van der Waals surface area (Å²) in [6.45, 7) is 7.65. The first-order valence-electron chi connectivity index (χ1n) is 3.44. The zero-order chi connectivity index (χ0) is 9.70. The van der Waals surface area contributed by atoms with Crippen LogP contribution in [0.1, 0.15) is 27.7 Å². The van der Waals surface area contributed by atoms with Crippen LogP contribution < -0.4 is 0 Å². The molecule has 0 unspecified atom stereocenters. The highest BCUT2D eigenvalue weighted by molar-refractivity contribution is 6.40. The van der Waals surface area contributed by atoms with E-state index < -0.39 is 0 Å². The van der Waals surface area contributed by atoms with Crippen molar-refractivity contribution in [3.63, 3.8) is 0 Å². The number of hydrogen-bond donors (Lipinski definition) is 0. The van der Waals surface area contributed by atoms with E-state index in [2.05, 4.69) is 4.74 Å². The molecule has 0 radical (unpaired) electrons. The van der Waals surface area contributed by atoms with Crippen molar-refractivity contribution < 1.29 is 9.53 Å². The van der Waals surface area contributed by atoms with E-state index in [-0.39, 0.29) is 11.3 Å². The molecule has 0 aliphatic heterocycles. The van der Waals surface area contributed by atoms with E-state index in [1.807, 2.05) is 13.8 Å². The van der Waals surface area contributed by atoms with Crippen LogP contribution in [0, 0.1) is 0 Å². The average molecular weight is 203 g/mol. The van der Waals surface area contributed by atoms with Crippen LogP contribution in [0.3, 0.4) is 0 Å². The first kappa shape index (κ1) is 17.2. The van der Waals surface area contributed by atoms with Gasteiger partial charge in [0.2, 0.25) is 0 Å². The van der Waals surface area contributed by atoms with Crippen LogP contribution in [-0.4, -0.2) is 17.9 Å². The number of carbonyl (C=O) groups excluding carboxylic acids is 1. The van der Waals surface area contributed by atoms with Crippen molar-refractivity contribution in [2.45, 2.75) is 27.7 Å². The first-order valence-corrected chi connectivity index (χ1v) is 4.51. The zero-order valence-electron chi connectivity index (χ0n) is 7.49. The second kappa shape index (κ2) is 22.5. The molecule has 2 nitrogen and oxygen atoms in total. The van der Waals surface area contributed by atoms with Gasteiger partial charge in [-0.15, -0.1) is 23.2 Å². The van der Waals surface area contributed by atoms with E-state index in [0.717, 1.165) is 0 Å². The normalized spacial score (nSPS) is 6.36. The SMILES string of the molecule is CC.CCOC(C)=O.ClCCl. The third-order valence-corrected chi connectivity index (χ3v) is 0.348. The van der Waals surface area contributed by atoms with Gasteiger partial charge < -0.3 is 4.74 Å². The van der Waals surface area contributed by atoms with Gasteiger partial charge in [0.1, 0.15) is 0 Å². The lowest BCUT2D eigenvalue weighted by Gasteiger charge is -1.89. The van der Waals surface area contributed by atoms with Gasteiger partial charge in [0, 0.05) is 6.92 Å². The molecule has 4 heteroatoms. The van der Waals surface area contributed by atoms with Crippen LogP contribution in [0.2, 0.25) is 0 Å². The van der Waals surface area contributed by atoms with Crippen LogP contribution in [0.15, 0.2) is 0 Å². The summed E-state index contributed by atoms with van der Waals surface area (Å²) in [7, 11) is 0. The van der Waals surface area contributed by atoms with E-state index in [4.69, 9.17) is 23.2 Å². The summed E-state index contributed by atoms with van der Waals surface area (Å²) in [5.74, 6) is -0.211. The quantitative estimate of drug-likeness (QED) is 0.483. The summed E-state index contributed by atoms with van der Waals surface area (Å²) >= 11 is 9.53. The van der Waals surface area contributed by atoms with Gasteiger partial charge >= 0.3 is 5.97 Å². The Morgan fingerprint density at radius 3 is 1.64 bits per heavy atom. The summed E-state index contributed by atoms with van der Waals surface area (Å²) in [6, 6.07) is 0. The van der Waals surface area contributed by atoms with E-state index in [1.165, 1.54) is 6.92 Å². The molecule has 0 amide bonds. The number of rotatable bonds is 1. The Kier molecular flexibility index (Phi) is 35.2. The lowest BCUT2D eigenvalue weighted by Crippen LogP contribution is -1.95. The van der Waals surface area contributed by atoms with Crippen molar-refractivity contribution >= 4 is 29.2 Å². The van der Waals surface area contributed by atoms with Crippen molar-refractivity contribution in [1.29, 1.82) is 0 Å². The third-order valence-electron chi connectivity index (χ3n) is 0.348. The lowest BCUT2D eigenvalue weighted by atomic mass is 10.8. The Balaban J connectivity index is -0.000000109. The van der Waals surface area contributed by atoms with Crippen molar-refractivity contribution in [3.05, 3.63) is 0 Å². The highest BCUT2D eigenvalue weighted by Crippen LogP contribution is 1.73. The van der Waals surface area contributed by atoms with Crippen LogP contribution in [0.4, 0.5) is 0 Å². The maximum atomic E-state index is 9.82. The molecule has 0 N–H and O–H groups in total. The topological polar surface area (TPSA) is 26.3 Å². The van der Waals surface area contributed by atoms with Gasteiger partial charge in [-0.1, -0.05) is 13.8 Å². The Bertz CT molecular complexity index is 67.5. The van der Waals surface area contributed by atoms with Crippen LogP contribution in [0.25, 0.3) is 0 Å². The van der Waals surface area contributed by atoms with Gasteiger partial charge in [-0.3, -0.25) is 4.79 Å². The van der Waals surface area contributed by atoms with Crippen molar-refractivity contribution in [2.75, 3.05) is 11.9 Å². The molecule has 0 aromatic rings. The fraction of sp³-hybridized carbons (Fsp3) is 0.857. The minimum absolute atomic E-state index is 0.194. The number of esters is 1. The molecule has 0 rings (SSSR count). The molecule has 0 saturated heterocycles. The molecule has 0 atom stereocenters. The molecule has 0 bridgehead atoms. The molecule has 0 aliphatic rings. The predicted molar refractivity (Wildman–Crippen MR) is 50.2 cm³/mol. The van der Waals surface area contributed by atoms with Gasteiger partial charge in [0.25, 0.3) is 0 Å². The van der Waals surface area contributed by atoms with E-state index >= 15 is 0 Å². The van der Waals surface area contributed by atoms with Gasteiger partial charge in [-0.25, -0.2) is 0 Å². The number of alkyl halides is 2. The Hall–Kier alpha value is 0.0500. The maximum absolute atomic E-state index is 9.82. The molecule has 11 heavy (non-hydrogen) atoms. The van der Waals surface area contributed by atoms with E-state index in [0.29, 0.717) is 6.61 Å². The van der Waals surface area contributed by atoms with Gasteiger partial charge in [0.05, 0.1) is 11.9 Å². The molecule has 0 aromatic carbocycles. The molecule has 0 heterocycles. The number of carbonyl (C=O) groups is 1. The minimum atomic E-state index is -0.211. The highest BCUT2D eigenvalue weighted by Gasteiger charge is 1.81. The maximum Gasteiger partial charge on any atom is 0.302 e. The minimum Gasteiger partial charge on any atom is -0.466 e. The van der Waals surface area contributed by atoms with Crippen LogP contribution in [0.5, 0.6) is 0 Å². The standard InChI is InChI=1S/C4H8O2.C2H6.CH2Cl2/c1-3-6-4(2)5;1-2;2-1-3/h3H2,1-2H3;1-2H3;1H2. The zero-order valence-corrected chi connectivity index (χ0v) is 9.00. The number of ether oxygens (including phenoxy) is 1. The third kappa shape index (κ3) is 70.0. The van der Waals surface area contributed by atoms with E-state index in [9.17, 15) is 4.79 Å². The Morgan fingerprint density at radius 1 is 1.36 bits per heavy atom. The monoisotopic (exact) mass is 202 g/mol. The summed E-state index contributed by atoms with van der Waals surface area (Å²) < 4.78 is 4.40. The molecule has 70 valence electrons. The fourth-order valence-corrected chi connectivity index (χ4v) is 0.203.